The van der Waals surface area contributed by atoms with Crippen molar-refractivity contribution in [2.24, 2.45) is 0 Å². The highest BCUT2D eigenvalue weighted by Crippen LogP contribution is 2.16. The van der Waals surface area contributed by atoms with Gasteiger partial charge in [0.1, 0.15) is 0 Å². The molecule has 0 aromatic heterocycles. The molecule has 198 valence electrons. The van der Waals surface area contributed by atoms with E-state index in [-0.39, 0.29) is 12.7 Å². The molecule has 0 saturated heterocycles. The van der Waals surface area contributed by atoms with Crippen LogP contribution in [0.1, 0.15) is 57.4 Å². The predicted octanol–water partition coefficient (Wildman–Crippen LogP) is 5.53. The van der Waals surface area contributed by atoms with Crippen molar-refractivity contribution in [2.45, 2.75) is 64.6 Å². The molecule has 1 N–H and O–H groups in total. The van der Waals surface area contributed by atoms with Gasteiger partial charge >= 0.3 is 0 Å². The zero-order chi connectivity index (χ0) is 24.8. The summed E-state index contributed by atoms with van der Waals surface area (Å²) in [6.07, 6.45) is 8.35. The second kappa shape index (κ2) is 20.6. The van der Waals surface area contributed by atoms with Crippen LogP contribution in [0.25, 0.3) is 10.8 Å². The molecule has 0 unspecified atom stereocenters. The number of fused-ring (bicyclic) bond motifs is 1. The van der Waals surface area contributed by atoms with E-state index in [0.29, 0.717) is 59.5 Å². The minimum absolute atomic E-state index is 0.0743. The molecule has 6 heteroatoms. The summed E-state index contributed by atoms with van der Waals surface area (Å²) in [5, 5.41) is 11.9. The highest BCUT2D eigenvalue weighted by Gasteiger charge is 2.07. The maximum Gasteiger partial charge on any atom is 0.0806 e. The van der Waals surface area contributed by atoms with Gasteiger partial charge in [-0.05, 0) is 28.8 Å². The van der Waals surface area contributed by atoms with Crippen LogP contribution >= 0.6 is 0 Å². The van der Waals surface area contributed by atoms with Crippen molar-refractivity contribution in [3.63, 3.8) is 0 Å². The largest absolute Gasteiger partial charge is 0.394 e. The first-order valence-corrected chi connectivity index (χ1v) is 13.3. The van der Waals surface area contributed by atoms with E-state index in [4.69, 9.17) is 23.7 Å². The van der Waals surface area contributed by atoms with Crippen LogP contribution in [0.15, 0.2) is 42.5 Å². The molecule has 0 aliphatic heterocycles. The van der Waals surface area contributed by atoms with Gasteiger partial charge in [-0.25, -0.2) is 0 Å². The first kappa shape index (κ1) is 29.7. The summed E-state index contributed by atoms with van der Waals surface area (Å²) in [5.41, 5.74) is 1.17. The fourth-order valence-electron chi connectivity index (χ4n) is 3.83. The van der Waals surface area contributed by atoms with Gasteiger partial charge in [-0.2, -0.15) is 0 Å². The van der Waals surface area contributed by atoms with Crippen LogP contribution in [0.2, 0.25) is 0 Å². The molecule has 0 bridgehead atoms. The first-order valence-electron chi connectivity index (χ1n) is 13.3. The summed E-state index contributed by atoms with van der Waals surface area (Å²) < 4.78 is 28.0. The maximum absolute atomic E-state index is 9.44. The fourth-order valence-corrected chi connectivity index (χ4v) is 3.83. The molecule has 0 fully saturated rings. The smallest absolute Gasteiger partial charge is 0.0806 e. The number of aliphatic hydroxyl groups excluding tert-OH is 1. The summed E-state index contributed by atoms with van der Waals surface area (Å²) in [6.45, 7) is 7.16. The van der Waals surface area contributed by atoms with E-state index in [1.54, 1.807) is 0 Å². The summed E-state index contributed by atoms with van der Waals surface area (Å²) in [7, 11) is 0. The number of ether oxygens (including phenoxy) is 5. The van der Waals surface area contributed by atoms with Crippen molar-refractivity contribution in [1.29, 1.82) is 0 Å². The lowest BCUT2D eigenvalue weighted by Crippen LogP contribution is -2.21. The van der Waals surface area contributed by atoms with E-state index in [1.165, 1.54) is 48.4 Å². The topological polar surface area (TPSA) is 66.4 Å². The Labute approximate surface area is 211 Å². The molecule has 35 heavy (non-hydrogen) atoms. The molecule has 2 aromatic carbocycles. The maximum atomic E-state index is 9.44. The highest BCUT2D eigenvalue weighted by atomic mass is 16.6. The SMILES string of the molecule is CCCCCCCC[C@H](CO)OCCOCCOCCOCCOCc1ccc2ccccc2c1. The zero-order valence-electron chi connectivity index (χ0n) is 21.6. The van der Waals surface area contributed by atoms with Gasteiger partial charge in [0, 0.05) is 0 Å². The Morgan fingerprint density at radius 2 is 1.26 bits per heavy atom. The number of unbranched alkanes of at least 4 members (excludes halogenated alkanes) is 5. The van der Waals surface area contributed by atoms with Crippen LogP contribution in [0.3, 0.4) is 0 Å². The lowest BCUT2D eigenvalue weighted by Gasteiger charge is -2.15. The van der Waals surface area contributed by atoms with Crippen molar-refractivity contribution < 1.29 is 28.8 Å². The Balaban J connectivity index is 1.32. The van der Waals surface area contributed by atoms with E-state index in [1.807, 2.05) is 0 Å². The third-order valence-electron chi connectivity index (χ3n) is 5.86. The van der Waals surface area contributed by atoms with Crippen LogP contribution in [0.5, 0.6) is 0 Å². The fraction of sp³-hybridized carbons (Fsp3) is 0.655. The Kier molecular flexibility index (Phi) is 17.5. The molecular weight excluding hydrogens is 444 g/mol. The van der Waals surface area contributed by atoms with Gasteiger partial charge in [-0.15, -0.1) is 0 Å². The molecule has 1 atom stereocenters. The van der Waals surface area contributed by atoms with E-state index >= 15 is 0 Å². The second-order valence-electron chi connectivity index (χ2n) is 8.80. The quantitative estimate of drug-likeness (QED) is 0.207. The minimum Gasteiger partial charge on any atom is -0.394 e. The Morgan fingerprint density at radius 3 is 1.94 bits per heavy atom. The highest BCUT2D eigenvalue weighted by molar-refractivity contribution is 5.82. The van der Waals surface area contributed by atoms with Crippen molar-refractivity contribution in [2.75, 3.05) is 59.5 Å². The number of rotatable bonds is 23. The van der Waals surface area contributed by atoms with Crippen molar-refractivity contribution in [3.05, 3.63) is 48.0 Å². The van der Waals surface area contributed by atoms with Gasteiger partial charge in [0.2, 0.25) is 0 Å². The molecule has 0 heterocycles. The third-order valence-corrected chi connectivity index (χ3v) is 5.86. The van der Waals surface area contributed by atoms with Crippen LogP contribution in [-0.4, -0.2) is 70.7 Å². The average Bonchev–Trinajstić information content (AvgIpc) is 2.89. The Bertz CT molecular complexity index is 753. The molecule has 0 saturated carbocycles. The van der Waals surface area contributed by atoms with Crippen molar-refractivity contribution >= 4 is 10.8 Å². The lowest BCUT2D eigenvalue weighted by molar-refractivity contribution is -0.0371. The van der Waals surface area contributed by atoms with Gasteiger partial charge in [0.05, 0.1) is 72.2 Å². The van der Waals surface area contributed by atoms with Gasteiger partial charge < -0.3 is 28.8 Å². The van der Waals surface area contributed by atoms with Gasteiger partial charge in [-0.3, -0.25) is 0 Å². The first-order chi connectivity index (χ1) is 17.3. The van der Waals surface area contributed by atoms with E-state index in [2.05, 4.69) is 49.4 Å². The number of aliphatic hydroxyl groups is 1. The van der Waals surface area contributed by atoms with Gasteiger partial charge in [0.15, 0.2) is 0 Å². The molecule has 0 radical (unpaired) electrons. The minimum atomic E-state index is -0.0743. The average molecular weight is 491 g/mol. The summed E-state index contributed by atoms with van der Waals surface area (Å²) in [5.74, 6) is 0. The molecule has 2 aromatic rings. The second-order valence-corrected chi connectivity index (χ2v) is 8.80. The lowest BCUT2D eigenvalue weighted by atomic mass is 10.1. The standard InChI is InChI=1S/C29H46O6/c1-2-3-4-5-6-7-12-29(24-30)35-22-21-33-18-17-31-15-16-32-19-20-34-25-26-13-14-27-10-8-9-11-28(27)23-26/h8-11,13-14,23,29-30H,2-7,12,15-22,24-25H2,1H3/t29-/m1/s1. The Morgan fingerprint density at radius 1 is 0.657 bits per heavy atom. The van der Waals surface area contributed by atoms with Crippen LogP contribution < -0.4 is 0 Å². The summed E-state index contributed by atoms with van der Waals surface area (Å²) in [6, 6.07) is 14.7. The molecule has 2 rings (SSSR count). The molecular formula is C29H46O6. The van der Waals surface area contributed by atoms with E-state index in [0.717, 1.165) is 12.8 Å². The number of hydrogen-bond acceptors (Lipinski definition) is 6. The van der Waals surface area contributed by atoms with Gasteiger partial charge in [-0.1, -0.05) is 81.8 Å². The van der Waals surface area contributed by atoms with Gasteiger partial charge in [0.25, 0.3) is 0 Å². The monoisotopic (exact) mass is 490 g/mol. The molecule has 6 nitrogen and oxygen atoms in total. The molecule has 0 amide bonds. The molecule has 0 aliphatic rings. The van der Waals surface area contributed by atoms with E-state index in [9.17, 15) is 5.11 Å². The van der Waals surface area contributed by atoms with Crippen LogP contribution in [0.4, 0.5) is 0 Å². The van der Waals surface area contributed by atoms with Crippen molar-refractivity contribution in [1.82, 2.24) is 0 Å². The van der Waals surface area contributed by atoms with Crippen LogP contribution in [-0.2, 0) is 30.3 Å². The Hall–Kier alpha value is -1.54. The zero-order valence-corrected chi connectivity index (χ0v) is 21.6. The van der Waals surface area contributed by atoms with E-state index < -0.39 is 0 Å². The number of hydrogen-bond donors (Lipinski definition) is 1. The van der Waals surface area contributed by atoms with Crippen LogP contribution in [0, 0.1) is 0 Å². The molecule has 0 aliphatic carbocycles. The molecule has 0 spiro atoms. The normalized spacial score (nSPS) is 12.4. The third kappa shape index (κ3) is 14.6. The summed E-state index contributed by atoms with van der Waals surface area (Å²) in [4.78, 5) is 0. The van der Waals surface area contributed by atoms with Crippen molar-refractivity contribution in [3.8, 4) is 0 Å². The summed E-state index contributed by atoms with van der Waals surface area (Å²) >= 11 is 0. The number of benzene rings is 2. The predicted molar refractivity (Wildman–Crippen MR) is 141 cm³/mol.